The standard InChI is InChI=1S/C22H40N4O2/c1-5-23-20(24-13-10-17-6-7-17)25-14-11-19(12-15-25)26(16-18-8-9-18)21(27)28-22(2,3)4/h17-19H,5-16H2,1-4H3,(H,23,24). The molecular formula is C22H40N4O2. The summed E-state index contributed by atoms with van der Waals surface area (Å²) in [6.45, 7) is 12.6. The summed E-state index contributed by atoms with van der Waals surface area (Å²) in [5, 5.41) is 3.46. The van der Waals surface area contributed by atoms with Crippen molar-refractivity contribution in [3.05, 3.63) is 0 Å². The lowest BCUT2D eigenvalue weighted by Crippen LogP contribution is -2.52. The summed E-state index contributed by atoms with van der Waals surface area (Å²) in [5.41, 5.74) is -0.438. The number of nitrogens with zero attached hydrogens (tertiary/aromatic N) is 3. The highest BCUT2D eigenvalue weighted by atomic mass is 16.6. The van der Waals surface area contributed by atoms with Gasteiger partial charge in [-0.1, -0.05) is 12.8 Å². The van der Waals surface area contributed by atoms with E-state index in [1.807, 2.05) is 25.7 Å². The van der Waals surface area contributed by atoms with E-state index in [9.17, 15) is 4.79 Å². The molecule has 0 aromatic rings. The lowest BCUT2D eigenvalue weighted by atomic mass is 10.0. The van der Waals surface area contributed by atoms with Crippen LogP contribution in [-0.4, -0.2) is 66.2 Å². The molecule has 1 heterocycles. The van der Waals surface area contributed by atoms with Gasteiger partial charge in [0.05, 0.1) is 0 Å². The maximum Gasteiger partial charge on any atom is 0.410 e. The largest absolute Gasteiger partial charge is 0.444 e. The first-order chi connectivity index (χ1) is 13.4. The molecule has 0 atom stereocenters. The zero-order valence-corrected chi connectivity index (χ0v) is 18.4. The highest BCUT2D eigenvalue weighted by molar-refractivity contribution is 5.80. The first-order valence-corrected chi connectivity index (χ1v) is 11.4. The summed E-state index contributed by atoms with van der Waals surface area (Å²) in [6, 6.07) is 0.279. The van der Waals surface area contributed by atoms with Gasteiger partial charge < -0.3 is 19.9 Å². The Bertz CT molecular complexity index is 541. The molecule has 0 aromatic carbocycles. The van der Waals surface area contributed by atoms with Crippen LogP contribution in [0.4, 0.5) is 4.79 Å². The molecule has 1 saturated heterocycles. The molecule has 6 nitrogen and oxygen atoms in total. The van der Waals surface area contributed by atoms with Gasteiger partial charge in [0.15, 0.2) is 5.96 Å². The summed E-state index contributed by atoms with van der Waals surface area (Å²) < 4.78 is 5.71. The average molecular weight is 393 g/mol. The number of guanidine groups is 1. The number of ether oxygens (including phenoxy) is 1. The van der Waals surface area contributed by atoms with Gasteiger partial charge in [-0.05, 0) is 71.6 Å². The van der Waals surface area contributed by atoms with Gasteiger partial charge in [-0.3, -0.25) is 4.99 Å². The van der Waals surface area contributed by atoms with Crippen LogP contribution < -0.4 is 5.32 Å². The molecule has 3 aliphatic rings. The molecule has 28 heavy (non-hydrogen) atoms. The number of likely N-dealkylation sites (tertiary alicyclic amines) is 1. The van der Waals surface area contributed by atoms with Gasteiger partial charge in [-0.2, -0.15) is 0 Å². The molecule has 0 spiro atoms. The van der Waals surface area contributed by atoms with Crippen molar-refractivity contribution < 1.29 is 9.53 Å². The summed E-state index contributed by atoms with van der Waals surface area (Å²) >= 11 is 0. The molecule has 1 aliphatic heterocycles. The van der Waals surface area contributed by atoms with E-state index in [0.717, 1.165) is 57.4 Å². The Balaban J connectivity index is 1.54. The van der Waals surface area contributed by atoms with Crippen LogP contribution in [0.2, 0.25) is 0 Å². The minimum atomic E-state index is -0.438. The lowest BCUT2D eigenvalue weighted by molar-refractivity contribution is 0.00928. The van der Waals surface area contributed by atoms with Crippen LogP contribution in [0.25, 0.3) is 0 Å². The molecule has 3 fully saturated rings. The second-order valence-corrected chi connectivity index (χ2v) is 9.76. The van der Waals surface area contributed by atoms with E-state index < -0.39 is 5.60 Å². The van der Waals surface area contributed by atoms with E-state index in [1.54, 1.807) is 0 Å². The first kappa shape index (κ1) is 21.3. The minimum absolute atomic E-state index is 0.136. The zero-order chi connectivity index (χ0) is 20.1. The van der Waals surface area contributed by atoms with E-state index in [0.29, 0.717) is 5.92 Å². The molecule has 2 aliphatic carbocycles. The normalized spacial score (nSPS) is 21.6. The van der Waals surface area contributed by atoms with Crippen molar-refractivity contribution in [2.24, 2.45) is 16.8 Å². The molecule has 0 aromatic heterocycles. The van der Waals surface area contributed by atoms with Gasteiger partial charge in [0.1, 0.15) is 5.60 Å². The fraction of sp³-hybridized carbons (Fsp3) is 0.909. The van der Waals surface area contributed by atoms with Gasteiger partial charge >= 0.3 is 6.09 Å². The van der Waals surface area contributed by atoms with Crippen LogP contribution in [0.3, 0.4) is 0 Å². The molecule has 1 N–H and O–H groups in total. The van der Waals surface area contributed by atoms with Crippen molar-refractivity contribution in [1.82, 2.24) is 15.1 Å². The van der Waals surface area contributed by atoms with E-state index in [-0.39, 0.29) is 12.1 Å². The van der Waals surface area contributed by atoms with Gasteiger partial charge in [0.2, 0.25) is 0 Å². The Kier molecular flexibility index (Phi) is 7.10. The Morgan fingerprint density at radius 2 is 1.75 bits per heavy atom. The molecule has 1 amide bonds. The van der Waals surface area contributed by atoms with Crippen LogP contribution in [-0.2, 0) is 4.74 Å². The number of hydrogen-bond acceptors (Lipinski definition) is 3. The number of hydrogen-bond donors (Lipinski definition) is 1. The van der Waals surface area contributed by atoms with Crippen molar-refractivity contribution in [2.75, 3.05) is 32.7 Å². The maximum atomic E-state index is 12.8. The maximum absolute atomic E-state index is 12.8. The molecule has 2 saturated carbocycles. The second kappa shape index (κ2) is 9.36. The van der Waals surface area contributed by atoms with Gasteiger partial charge in [0, 0.05) is 38.8 Å². The van der Waals surface area contributed by atoms with E-state index in [2.05, 4.69) is 17.1 Å². The van der Waals surface area contributed by atoms with E-state index in [1.165, 1.54) is 32.1 Å². The Hall–Kier alpha value is -1.46. The highest BCUT2D eigenvalue weighted by Crippen LogP contribution is 2.33. The SMILES string of the molecule is CCNC(=NCCC1CC1)N1CCC(N(CC2CC2)C(=O)OC(C)(C)C)CC1. The highest BCUT2D eigenvalue weighted by Gasteiger charge is 2.35. The third-order valence-electron chi connectivity index (χ3n) is 5.82. The molecule has 3 rings (SSSR count). The van der Waals surface area contributed by atoms with Crippen molar-refractivity contribution in [3.8, 4) is 0 Å². The third kappa shape index (κ3) is 6.85. The number of aliphatic imine (C=N–C) groups is 1. The van der Waals surface area contributed by atoms with Crippen molar-refractivity contribution in [1.29, 1.82) is 0 Å². The number of amides is 1. The van der Waals surface area contributed by atoms with Gasteiger partial charge in [-0.15, -0.1) is 0 Å². The fourth-order valence-corrected chi connectivity index (χ4v) is 3.85. The molecular weight excluding hydrogens is 352 g/mol. The van der Waals surface area contributed by atoms with Crippen LogP contribution >= 0.6 is 0 Å². The van der Waals surface area contributed by atoms with Crippen molar-refractivity contribution in [2.45, 2.75) is 84.3 Å². The Morgan fingerprint density at radius 3 is 2.29 bits per heavy atom. The topological polar surface area (TPSA) is 57.2 Å². The smallest absolute Gasteiger partial charge is 0.410 e. The monoisotopic (exact) mass is 392 g/mol. The minimum Gasteiger partial charge on any atom is -0.444 e. The van der Waals surface area contributed by atoms with Crippen molar-refractivity contribution >= 4 is 12.1 Å². The molecule has 0 radical (unpaired) electrons. The van der Waals surface area contributed by atoms with E-state index in [4.69, 9.17) is 9.73 Å². The summed E-state index contributed by atoms with van der Waals surface area (Å²) in [4.78, 5) is 22.1. The average Bonchev–Trinajstić information content (AvgIpc) is 3.52. The third-order valence-corrected chi connectivity index (χ3v) is 5.82. The van der Waals surface area contributed by atoms with Crippen LogP contribution in [0, 0.1) is 11.8 Å². The van der Waals surface area contributed by atoms with Crippen LogP contribution in [0.15, 0.2) is 4.99 Å². The lowest BCUT2D eigenvalue weighted by Gasteiger charge is -2.40. The van der Waals surface area contributed by atoms with Gasteiger partial charge in [-0.25, -0.2) is 4.79 Å². The number of carbonyl (C=O) groups excluding carboxylic acids is 1. The number of carbonyl (C=O) groups is 1. The number of rotatable bonds is 7. The molecule has 6 heteroatoms. The van der Waals surface area contributed by atoms with Crippen molar-refractivity contribution in [3.63, 3.8) is 0 Å². The number of piperidine rings is 1. The molecule has 160 valence electrons. The number of nitrogens with one attached hydrogen (secondary N) is 1. The first-order valence-electron chi connectivity index (χ1n) is 11.4. The van der Waals surface area contributed by atoms with E-state index >= 15 is 0 Å². The quantitative estimate of drug-likeness (QED) is 0.528. The van der Waals surface area contributed by atoms with Crippen LogP contribution in [0.5, 0.6) is 0 Å². The van der Waals surface area contributed by atoms with Gasteiger partial charge in [0.25, 0.3) is 0 Å². The fourth-order valence-electron chi connectivity index (χ4n) is 3.85. The molecule has 0 bridgehead atoms. The van der Waals surface area contributed by atoms with Crippen LogP contribution in [0.1, 0.15) is 72.6 Å². The summed E-state index contributed by atoms with van der Waals surface area (Å²) in [7, 11) is 0. The molecule has 0 unspecified atom stereocenters. The predicted octanol–water partition coefficient (Wildman–Crippen LogP) is 3.86. The summed E-state index contributed by atoms with van der Waals surface area (Å²) in [6.07, 6.45) is 8.32. The Labute approximate surface area is 171 Å². The summed E-state index contributed by atoms with van der Waals surface area (Å²) in [5.74, 6) is 2.64. The zero-order valence-electron chi connectivity index (χ0n) is 18.4. The predicted molar refractivity (Wildman–Crippen MR) is 114 cm³/mol. The second-order valence-electron chi connectivity index (χ2n) is 9.76. The Morgan fingerprint density at radius 1 is 1.11 bits per heavy atom.